The second kappa shape index (κ2) is 4.60. The van der Waals surface area contributed by atoms with Crippen LogP contribution in [0.4, 0.5) is 0 Å². The Labute approximate surface area is 76.7 Å². The summed E-state index contributed by atoms with van der Waals surface area (Å²) < 4.78 is 0. The van der Waals surface area contributed by atoms with E-state index in [1.54, 1.807) is 0 Å². The van der Waals surface area contributed by atoms with E-state index in [4.69, 9.17) is 0 Å². The molecule has 1 N–H and O–H groups in total. The minimum atomic E-state index is -0.110. The molecular formula is C7H15NOS2. The van der Waals surface area contributed by atoms with Crippen molar-refractivity contribution in [3.05, 3.63) is 0 Å². The van der Waals surface area contributed by atoms with E-state index in [0.717, 1.165) is 17.4 Å². The van der Waals surface area contributed by atoms with Gasteiger partial charge in [0.25, 0.3) is 0 Å². The van der Waals surface area contributed by atoms with Gasteiger partial charge in [-0.2, -0.15) is 0 Å². The van der Waals surface area contributed by atoms with E-state index >= 15 is 0 Å². The smallest absolute Gasteiger partial charge is 0.0762 e. The van der Waals surface area contributed by atoms with Crippen molar-refractivity contribution >= 4 is 23.5 Å². The summed E-state index contributed by atoms with van der Waals surface area (Å²) in [6.07, 6.45) is -0.110. The molecule has 0 saturated carbocycles. The van der Waals surface area contributed by atoms with Crippen molar-refractivity contribution in [2.75, 3.05) is 31.5 Å². The van der Waals surface area contributed by atoms with Crippen LogP contribution in [0.3, 0.4) is 0 Å². The van der Waals surface area contributed by atoms with Crippen LogP contribution in [0.2, 0.25) is 0 Å². The lowest BCUT2D eigenvalue weighted by molar-refractivity contribution is 0.180. The Bertz CT molecular complexity index is 121. The lowest BCUT2D eigenvalue weighted by Gasteiger charge is -2.28. The minimum Gasteiger partial charge on any atom is -0.391 e. The van der Waals surface area contributed by atoms with E-state index in [0.29, 0.717) is 5.25 Å². The maximum absolute atomic E-state index is 9.55. The zero-order valence-electron chi connectivity index (χ0n) is 6.99. The van der Waals surface area contributed by atoms with Crippen molar-refractivity contribution in [2.24, 2.45) is 0 Å². The summed E-state index contributed by atoms with van der Waals surface area (Å²) in [7, 11) is 4.10. The molecule has 1 saturated heterocycles. The zero-order valence-corrected chi connectivity index (χ0v) is 8.62. The number of aliphatic hydroxyl groups is 1. The van der Waals surface area contributed by atoms with E-state index in [-0.39, 0.29) is 6.10 Å². The molecule has 2 atom stereocenters. The Balaban J connectivity index is 2.29. The molecule has 0 spiro atoms. The molecule has 0 aliphatic carbocycles. The van der Waals surface area contributed by atoms with Crippen LogP contribution >= 0.6 is 23.5 Å². The van der Waals surface area contributed by atoms with Gasteiger partial charge in [0.2, 0.25) is 0 Å². The lowest BCUT2D eigenvalue weighted by atomic mass is 10.2. The van der Waals surface area contributed by atoms with E-state index in [9.17, 15) is 5.11 Å². The van der Waals surface area contributed by atoms with Crippen LogP contribution in [-0.4, -0.2) is 52.8 Å². The highest BCUT2D eigenvalue weighted by atomic mass is 32.2. The molecule has 2 unspecified atom stereocenters. The topological polar surface area (TPSA) is 23.5 Å². The van der Waals surface area contributed by atoms with Gasteiger partial charge in [0.05, 0.1) is 6.10 Å². The number of rotatable bonds is 2. The fraction of sp³-hybridized carbons (Fsp3) is 1.00. The number of nitrogens with zero attached hydrogens (tertiary/aromatic N) is 1. The SMILES string of the molecule is CN(C)CC1SCSCC1O. The Morgan fingerprint density at radius 3 is 2.82 bits per heavy atom. The fourth-order valence-corrected chi connectivity index (χ4v) is 3.84. The highest BCUT2D eigenvalue weighted by Crippen LogP contribution is 2.28. The van der Waals surface area contributed by atoms with Gasteiger partial charge in [-0.1, -0.05) is 0 Å². The highest BCUT2D eigenvalue weighted by molar-refractivity contribution is 8.16. The van der Waals surface area contributed by atoms with Gasteiger partial charge in [-0.25, -0.2) is 0 Å². The second-order valence-corrected chi connectivity index (χ2v) is 5.65. The summed E-state index contributed by atoms with van der Waals surface area (Å²) in [5.41, 5.74) is 0. The molecule has 0 amide bonds. The van der Waals surface area contributed by atoms with Crippen LogP contribution in [0.25, 0.3) is 0 Å². The molecule has 1 heterocycles. The molecule has 1 rings (SSSR count). The van der Waals surface area contributed by atoms with E-state index in [2.05, 4.69) is 19.0 Å². The summed E-state index contributed by atoms with van der Waals surface area (Å²) in [5.74, 6) is 0.908. The van der Waals surface area contributed by atoms with Crippen LogP contribution in [0.5, 0.6) is 0 Å². The Morgan fingerprint density at radius 1 is 1.55 bits per heavy atom. The molecule has 1 fully saturated rings. The van der Waals surface area contributed by atoms with Crippen molar-refractivity contribution in [1.29, 1.82) is 0 Å². The minimum absolute atomic E-state index is 0.110. The average Bonchev–Trinajstić information content (AvgIpc) is 1.93. The number of hydrogen-bond acceptors (Lipinski definition) is 4. The third kappa shape index (κ3) is 3.23. The predicted octanol–water partition coefficient (Wildman–Crippen LogP) is 0.715. The van der Waals surface area contributed by atoms with Gasteiger partial charge in [-0.3, -0.25) is 0 Å². The molecule has 11 heavy (non-hydrogen) atoms. The fourth-order valence-electron chi connectivity index (χ4n) is 1.06. The number of aliphatic hydroxyl groups excluding tert-OH is 1. The first-order chi connectivity index (χ1) is 5.20. The van der Waals surface area contributed by atoms with Crippen LogP contribution in [0.15, 0.2) is 0 Å². The normalized spacial score (nSPS) is 32.7. The molecule has 0 aromatic carbocycles. The van der Waals surface area contributed by atoms with Crippen molar-refractivity contribution < 1.29 is 5.11 Å². The summed E-state index contributed by atoms with van der Waals surface area (Å²) in [4.78, 5) is 2.14. The highest BCUT2D eigenvalue weighted by Gasteiger charge is 2.23. The molecule has 66 valence electrons. The number of thioether (sulfide) groups is 2. The molecule has 4 heteroatoms. The second-order valence-electron chi connectivity index (χ2n) is 3.02. The molecule has 0 radical (unpaired) electrons. The average molecular weight is 193 g/mol. The van der Waals surface area contributed by atoms with E-state index in [1.165, 1.54) is 0 Å². The Kier molecular flexibility index (Phi) is 4.06. The summed E-state index contributed by atoms with van der Waals surface area (Å²) in [6, 6.07) is 0. The monoisotopic (exact) mass is 193 g/mol. The molecule has 1 aliphatic rings. The van der Waals surface area contributed by atoms with Crippen molar-refractivity contribution in [3.63, 3.8) is 0 Å². The van der Waals surface area contributed by atoms with Crippen molar-refractivity contribution in [3.8, 4) is 0 Å². The lowest BCUT2D eigenvalue weighted by Crippen LogP contribution is -2.37. The van der Waals surface area contributed by atoms with Crippen molar-refractivity contribution in [1.82, 2.24) is 4.90 Å². The largest absolute Gasteiger partial charge is 0.391 e. The first-order valence-corrected chi connectivity index (χ1v) is 5.92. The van der Waals surface area contributed by atoms with Crippen LogP contribution in [0.1, 0.15) is 0 Å². The molecule has 0 aromatic rings. The third-order valence-electron chi connectivity index (χ3n) is 1.63. The Hall–Kier alpha value is 0.620. The van der Waals surface area contributed by atoms with Gasteiger partial charge in [0, 0.05) is 22.6 Å². The third-order valence-corrected chi connectivity index (χ3v) is 4.31. The molecule has 0 bridgehead atoms. The van der Waals surface area contributed by atoms with Gasteiger partial charge in [-0.05, 0) is 14.1 Å². The van der Waals surface area contributed by atoms with Crippen LogP contribution in [-0.2, 0) is 0 Å². The molecular weight excluding hydrogens is 178 g/mol. The van der Waals surface area contributed by atoms with E-state index < -0.39 is 0 Å². The van der Waals surface area contributed by atoms with E-state index in [1.807, 2.05) is 23.5 Å². The maximum Gasteiger partial charge on any atom is 0.0762 e. The molecule has 2 nitrogen and oxygen atoms in total. The summed E-state index contributed by atoms with van der Waals surface area (Å²) in [6.45, 7) is 0.992. The van der Waals surface area contributed by atoms with Gasteiger partial charge >= 0.3 is 0 Å². The van der Waals surface area contributed by atoms with Gasteiger partial charge in [0.1, 0.15) is 0 Å². The molecule has 1 aliphatic heterocycles. The summed E-state index contributed by atoms with van der Waals surface area (Å²) in [5, 5.41) is 11.1. The first-order valence-electron chi connectivity index (χ1n) is 3.72. The number of hydrogen-bond donors (Lipinski definition) is 1. The van der Waals surface area contributed by atoms with Crippen LogP contribution in [0, 0.1) is 0 Å². The predicted molar refractivity (Wildman–Crippen MR) is 53.3 cm³/mol. The van der Waals surface area contributed by atoms with Crippen molar-refractivity contribution in [2.45, 2.75) is 11.4 Å². The maximum atomic E-state index is 9.55. The van der Waals surface area contributed by atoms with Crippen LogP contribution < -0.4 is 0 Å². The van der Waals surface area contributed by atoms with Gasteiger partial charge in [-0.15, -0.1) is 23.5 Å². The molecule has 0 aromatic heterocycles. The zero-order chi connectivity index (χ0) is 8.27. The van der Waals surface area contributed by atoms with Gasteiger partial charge < -0.3 is 10.0 Å². The standard InChI is InChI=1S/C7H15NOS2/c1-8(2)3-7-6(9)4-10-5-11-7/h6-7,9H,3-5H2,1-2H3. The summed E-state index contributed by atoms with van der Waals surface area (Å²) >= 11 is 3.70. The Morgan fingerprint density at radius 2 is 2.27 bits per heavy atom. The quantitative estimate of drug-likeness (QED) is 0.698. The first kappa shape index (κ1) is 9.71. The van der Waals surface area contributed by atoms with Gasteiger partial charge in [0.15, 0.2) is 0 Å².